The number of nitrogens with one attached hydrogen (secondary N) is 2. The van der Waals surface area contributed by atoms with E-state index < -0.39 is 52.4 Å². The van der Waals surface area contributed by atoms with Gasteiger partial charge >= 0.3 is 11.9 Å². The Morgan fingerprint density at radius 2 is 1.34 bits per heavy atom. The Morgan fingerprint density at radius 1 is 0.800 bits per heavy atom. The number of β-lactam (4-membered cyclic amide) rings is 1. The second kappa shape index (κ2) is 21.0. The van der Waals surface area contributed by atoms with E-state index in [9.17, 15) is 19.2 Å². The van der Waals surface area contributed by atoms with E-state index in [1.165, 1.54) is 51.1 Å². The van der Waals surface area contributed by atoms with Crippen LogP contribution in [0.5, 0.6) is 0 Å². The topological polar surface area (TPSA) is 153 Å². The van der Waals surface area contributed by atoms with Crippen LogP contribution >= 0.6 is 46.2 Å². The molecule has 2 atom stereocenters. The molecule has 16 heteroatoms. The molecule has 9 rings (SSSR count). The van der Waals surface area contributed by atoms with Crippen molar-refractivity contribution in [3.05, 3.63) is 213 Å². The summed E-state index contributed by atoms with van der Waals surface area (Å²) in [5.41, 5.74) is 3.52. The first-order chi connectivity index (χ1) is 33.9. The molecule has 2 aliphatic rings. The van der Waals surface area contributed by atoms with Gasteiger partial charge in [0.1, 0.15) is 33.3 Å². The lowest BCUT2D eigenvalue weighted by Gasteiger charge is -2.49. The zero-order chi connectivity index (χ0) is 48.8. The molecule has 70 heavy (non-hydrogen) atoms. The van der Waals surface area contributed by atoms with E-state index in [0.717, 1.165) is 43.2 Å². The lowest BCUT2D eigenvalue weighted by Crippen LogP contribution is -2.70. The fourth-order valence-corrected chi connectivity index (χ4v) is 12.4. The van der Waals surface area contributed by atoms with Crippen LogP contribution in [0, 0.1) is 6.92 Å². The number of hydrogen-bond acceptors (Lipinski definition) is 14. The van der Waals surface area contributed by atoms with Crippen LogP contribution in [0.3, 0.4) is 0 Å². The molecule has 7 aromatic rings. The Morgan fingerprint density at radius 3 is 1.86 bits per heavy atom. The van der Waals surface area contributed by atoms with Crippen molar-refractivity contribution in [2.75, 3.05) is 16.8 Å². The maximum absolute atomic E-state index is 14.7. The van der Waals surface area contributed by atoms with Gasteiger partial charge in [-0.2, -0.15) is 0 Å². The van der Waals surface area contributed by atoms with Crippen LogP contribution in [-0.4, -0.2) is 72.4 Å². The fraction of sp³-hybridized carbons (Fsp3) is 0.204. The summed E-state index contributed by atoms with van der Waals surface area (Å²) in [4.78, 5) is 63.8. The standard InChI is InChI=1S/C54H48N6O6S4/c1-34-58-59-52(70-34)69-32-37-31-67-49-44(48(63)60(49)45(37)50(64)65-46(35-20-10-5-11-21-35)36-22-12-6-13-23-36)56-47(62)41(30-43(61)66-53(2,3)4)42-33-68-51(55-42)57-54(38-24-14-7-15-25-38,39-26-16-8-17-27-39)40-28-18-9-19-29-40/h5-30,33,44,46,49H,31-32H2,1-4H3,(H,55,57)(H,56,62)/t44?,49-/m0/s1. The summed E-state index contributed by atoms with van der Waals surface area (Å²) < 4.78 is 12.8. The van der Waals surface area contributed by atoms with Crippen molar-refractivity contribution in [3.63, 3.8) is 0 Å². The van der Waals surface area contributed by atoms with Gasteiger partial charge in [-0.05, 0) is 61.1 Å². The van der Waals surface area contributed by atoms with Crippen LogP contribution in [0.4, 0.5) is 5.13 Å². The number of nitrogens with zero attached hydrogens (tertiary/aromatic N) is 4. The summed E-state index contributed by atoms with van der Waals surface area (Å²) in [6.45, 7) is 7.09. The van der Waals surface area contributed by atoms with Gasteiger partial charge in [0.05, 0.1) is 11.3 Å². The van der Waals surface area contributed by atoms with E-state index in [0.29, 0.717) is 22.2 Å². The highest BCUT2D eigenvalue weighted by atomic mass is 32.2. The smallest absolute Gasteiger partial charge is 0.356 e. The Bertz CT molecular complexity index is 2920. The van der Waals surface area contributed by atoms with E-state index in [1.54, 1.807) is 26.2 Å². The quantitative estimate of drug-likeness (QED) is 0.0312. The first-order valence-corrected chi connectivity index (χ1v) is 26.2. The molecule has 2 N–H and O–H groups in total. The van der Waals surface area contributed by atoms with Gasteiger partial charge in [0, 0.05) is 23.0 Å². The van der Waals surface area contributed by atoms with E-state index in [-0.39, 0.29) is 17.0 Å². The van der Waals surface area contributed by atoms with Crippen molar-refractivity contribution in [1.82, 2.24) is 25.4 Å². The van der Waals surface area contributed by atoms with Gasteiger partial charge in [0.2, 0.25) is 0 Å². The van der Waals surface area contributed by atoms with Crippen LogP contribution in [0.1, 0.15) is 65.4 Å². The first kappa shape index (κ1) is 48.2. The fourth-order valence-electron chi connectivity index (χ4n) is 8.34. The second-order valence-corrected chi connectivity index (χ2v) is 21.8. The minimum atomic E-state index is -1.06. The number of thiazole rings is 1. The van der Waals surface area contributed by atoms with Crippen molar-refractivity contribution in [1.29, 1.82) is 0 Å². The van der Waals surface area contributed by atoms with Gasteiger partial charge in [0.15, 0.2) is 15.6 Å². The Labute approximate surface area is 422 Å². The predicted molar refractivity (Wildman–Crippen MR) is 277 cm³/mol. The molecule has 12 nitrogen and oxygen atoms in total. The van der Waals surface area contributed by atoms with Crippen LogP contribution in [0.2, 0.25) is 0 Å². The maximum atomic E-state index is 14.7. The molecule has 4 heterocycles. The molecule has 2 aromatic heterocycles. The van der Waals surface area contributed by atoms with E-state index in [1.807, 2.05) is 122 Å². The lowest BCUT2D eigenvalue weighted by molar-refractivity contribution is -0.154. The monoisotopic (exact) mass is 1000 g/mol. The number of benzene rings is 5. The molecule has 0 radical (unpaired) electrons. The number of aromatic nitrogens is 3. The molecule has 0 bridgehead atoms. The largest absolute Gasteiger partial charge is 0.457 e. The number of anilines is 1. The molecule has 1 saturated heterocycles. The van der Waals surface area contributed by atoms with Gasteiger partial charge in [-0.1, -0.05) is 175 Å². The first-order valence-electron chi connectivity index (χ1n) is 22.4. The highest BCUT2D eigenvalue weighted by Gasteiger charge is 2.55. The van der Waals surface area contributed by atoms with Crippen molar-refractivity contribution < 1.29 is 28.7 Å². The number of esters is 2. The second-order valence-electron chi connectivity index (χ2n) is 17.4. The average molecular weight is 1010 g/mol. The number of amides is 2. The maximum Gasteiger partial charge on any atom is 0.356 e. The number of ether oxygens (including phenoxy) is 2. The highest BCUT2D eigenvalue weighted by molar-refractivity contribution is 8.01. The van der Waals surface area contributed by atoms with Gasteiger partial charge < -0.3 is 20.1 Å². The number of rotatable bonds is 16. The van der Waals surface area contributed by atoms with Gasteiger partial charge in [-0.25, -0.2) is 14.6 Å². The Kier molecular flexibility index (Phi) is 14.5. The average Bonchev–Trinajstić information content (AvgIpc) is 4.03. The summed E-state index contributed by atoms with van der Waals surface area (Å²) in [5.74, 6) is -1.92. The number of hydrogen-bond donors (Lipinski definition) is 2. The normalized spacial score (nSPS) is 16.0. The van der Waals surface area contributed by atoms with E-state index >= 15 is 0 Å². The van der Waals surface area contributed by atoms with Crippen molar-refractivity contribution in [2.45, 2.75) is 60.7 Å². The molecule has 2 aliphatic heterocycles. The number of carbonyl (C=O) groups excluding carboxylic acids is 4. The molecular weight excluding hydrogens is 957 g/mol. The highest BCUT2D eigenvalue weighted by Crippen LogP contribution is 2.44. The summed E-state index contributed by atoms with van der Waals surface area (Å²) in [5, 5.41) is 17.4. The van der Waals surface area contributed by atoms with Crippen LogP contribution in [0.15, 0.2) is 179 Å². The Hall–Kier alpha value is -6.85. The molecule has 1 unspecified atom stereocenters. The van der Waals surface area contributed by atoms with Crippen LogP contribution in [-0.2, 0) is 34.2 Å². The third-order valence-electron chi connectivity index (χ3n) is 11.4. The van der Waals surface area contributed by atoms with Gasteiger partial charge in [-0.15, -0.1) is 33.3 Å². The summed E-state index contributed by atoms with van der Waals surface area (Å²) >= 11 is 5.57. The summed E-state index contributed by atoms with van der Waals surface area (Å²) in [6, 6.07) is 47.9. The third kappa shape index (κ3) is 10.5. The zero-order valence-electron chi connectivity index (χ0n) is 38.6. The number of carbonyl (C=O) groups is 4. The van der Waals surface area contributed by atoms with Crippen LogP contribution < -0.4 is 10.6 Å². The summed E-state index contributed by atoms with van der Waals surface area (Å²) in [6.07, 6.45) is 0.353. The minimum Gasteiger partial charge on any atom is -0.457 e. The molecule has 0 saturated carbocycles. The molecule has 354 valence electrons. The zero-order valence-corrected chi connectivity index (χ0v) is 41.9. The van der Waals surface area contributed by atoms with Crippen molar-refractivity contribution >= 4 is 80.7 Å². The van der Waals surface area contributed by atoms with Crippen LogP contribution in [0.25, 0.3) is 5.57 Å². The number of thioether (sulfide) groups is 2. The molecule has 1 fully saturated rings. The molecule has 0 spiro atoms. The summed E-state index contributed by atoms with van der Waals surface area (Å²) in [7, 11) is 0. The lowest BCUT2D eigenvalue weighted by atomic mass is 9.77. The third-order valence-corrected chi connectivity index (χ3v) is 15.6. The predicted octanol–water partition coefficient (Wildman–Crippen LogP) is 10.2. The number of fused-ring (bicyclic) bond motifs is 1. The number of aryl methyl sites for hydroxylation is 1. The van der Waals surface area contributed by atoms with Gasteiger partial charge in [0.25, 0.3) is 11.8 Å². The molecule has 5 aromatic carbocycles. The van der Waals surface area contributed by atoms with Crippen molar-refractivity contribution in [3.8, 4) is 0 Å². The SMILES string of the molecule is Cc1nnc(SCC2=C(C(=O)OC(c3ccccc3)c3ccccc3)N3C(=O)C(NC(=O)C(=CC(=O)OC(C)(C)C)c4csc(NC(c5ccccc5)(c5ccccc5)c5ccccc5)n4)[C@@H]3SC2)s1. The molecular formula is C54H48N6O6S4. The Balaban J connectivity index is 1.03. The minimum absolute atomic E-state index is 0.0940. The van der Waals surface area contributed by atoms with Gasteiger partial charge in [-0.3, -0.25) is 14.5 Å². The van der Waals surface area contributed by atoms with E-state index in [4.69, 9.17) is 14.5 Å². The van der Waals surface area contributed by atoms with E-state index in [2.05, 4.69) is 57.2 Å². The van der Waals surface area contributed by atoms with Crippen molar-refractivity contribution in [2.24, 2.45) is 0 Å². The molecule has 0 aliphatic carbocycles. The molecule has 2 amide bonds.